The third-order valence-corrected chi connectivity index (χ3v) is 3.25. The van der Waals surface area contributed by atoms with Crippen LogP contribution in [0, 0.1) is 10.1 Å². The van der Waals surface area contributed by atoms with Gasteiger partial charge in [0.15, 0.2) is 0 Å². The second-order valence-electron chi connectivity index (χ2n) is 4.15. The van der Waals surface area contributed by atoms with Gasteiger partial charge in [-0.05, 0) is 30.7 Å². The molecule has 1 atom stereocenters. The lowest BCUT2D eigenvalue weighted by Gasteiger charge is -2.13. The van der Waals surface area contributed by atoms with E-state index in [-0.39, 0.29) is 11.9 Å². The minimum Gasteiger partial charge on any atom is -0.404 e. The highest BCUT2D eigenvalue weighted by Crippen LogP contribution is 2.19. The van der Waals surface area contributed by atoms with E-state index in [9.17, 15) is 10.1 Å². The normalized spacial score (nSPS) is 12.3. The molecule has 100 valence electrons. The van der Waals surface area contributed by atoms with E-state index in [1.807, 2.05) is 31.2 Å². The molecule has 0 aliphatic heterocycles. The molecule has 0 aliphatic rings. The van der Waals surface area contributed by atoms with Crippen molar-refractivity contribution in [3.63, 3.8) is 0 Å². The van der Waals surface area contributed by atoms with Crippen molar-refractivity contribution in [1.29, 1.82) is 0 Å². The number of benzene rings is 1. The molecule has 0 bridgehead atoms. The molecule has 5 nitrogen and oxygen atoms in total. The smallest absolute Gasteiger partial charge is 0.404 e. The molecule has 0 unspecified atom stereocenters. The number of nitrogens with zero attached hydrogens (tertiary/aromatic N) is 1. The van der Waals surface area contributed by atoms with Gasteiger partial charge in [0.25, 0.3) is 0 Å². The molecule has 0 radical (unpaired) electrons. The van der Waals surface area contributed by atoms with Gasteiger partial charge in [0.05, 0.1) is 12.6 Å². The van der Waals surface area contributed by atoms with Gasteiger partial charge in [-0.1, -0.05) is 28.1 Å². The van der Waals surface area contributed by atoms with Crippen LogP contribution in [-0.2, 0) is 6.54 Å². The van der Waals surface area contributed by atoms with Crippen LogP contribution in [0.15, 0.2) is 45.3 Å². The summed E-state index contributed by atoms with van der Waals surface area (Å²) < 4.78 is 6.10. The monoisotopic (exact) mass is 324 g/mol. The van der Waals surface area contributed by atoms with Gasteiger partial charge >= 0.3 is 5.88 Å². The first-order valence-electron chi connectivity index (χ1n) is 5.78. The van der Waals surface area contributed by atoms with E-state index in [2.05, 4.69) is 21.2 Å². The molecule has 2 aromatic rings. The summed E-state index contributed by atoms with van der Waals surface area (Å²) >= 11 is 3.42. The van der Waals surface area contributed by atoms with Gasteiger partial charge in [0.1, 0.15) is 10.7 Å². The Labute approximate surface area is 118 Å². The first-order valence-corrected chi connectivity index (χ1v) is 6.57. The largest absolute Gasteiger partial charge is 0.433 e. The summed E-state index contributed by atoms with van der Waals surface area (Å²) in [6, 6.07) is 11.1. The van der Waals surface area contributed by atoms with E-state index in [1.54, 1.807) is 6.07 Å². The van der Waals surface area contributed by atoms with Crippen LogP contribution in [0.3, 0.4) is 0 Å². The van der Waals surface area contributed by atoms with E-state index < -0.39 is 4.92 Å². The highest BCUT2D eigenvalue weighted by atomic mass is 79.9. The van der Waals surface area contributed by atoms with Crippen molar-refractivity contribution >= 4 is 21.8 Å². The quantitative estimate of drug-likeness (QED) is 0.670. The minimum atomic E-state index is -0.540. The number of rotatable bonds is 5. The van der Waals surface area contributed by atoms with Crippen LogP contribution >= 0.6 is 15.9 Å². The first kappa shape index (κ1) is 13.8. The highest BCUT2D eigenvalue weighted by Gasteiger charge is 2.12. The van der Waals surface area contributed by atoms with Crippen molar-refractivity contribution in [2.75, 3.05) is 0 Å². The fourth-order valence-electron chi connectivity index (χ4n) is 1.71. The van der Waals surface area contributed by atoms with E-state index >= 15 is 0 Å². The third kappa shape index (κ3) is 3.65. The van der Waals surface area contributed by atoms with Crippen molar-refractivity contribution in [1.82, 2.24) is 5.32 Å². The minimum absolute atomic E-state index is 0.127. The molecule has 1 aromatic heterocycles. The summed E-state index contributed by atoms with van der Waals surface area (Å²) in [7, 11) is 0. The SMILES string of the molecule is C[C@H](NCc1ccc([N+](=O)[O-])o1)c1cccc(Br)c1. The van der Waals surface area contributed by atoms with Crippen molar-refractivity contribution < 1.29 is 9.34 Å². The Morgan fingerprint density at radius 3 is 2.84 bits per heavy atom. The standard InChI is InChI=1S/C13H13BrN2O3/c1-9(10-3-2-4-11(14)7-10)15-8-12-5-6-13(19-12)16(17)18/h2-7,9,15H,8H2,1H3/t9-/m0/s1. The number of halogens is 1. The Morgan fingerprint density at radius 2 is 2.21 bits per heavy atom. The van der Waals surface area contributed by atoms with Crippen molar-refractivity contribution in [2.24, 2.45) is 0 Å². The number of nitrogens with one attached hydrogen (secondary N) is 1. The van der Waals surface area contributed by atoms with E-state index in [0.29, 0.717) is 12.3 Å². The molecular weight excluding hydrogens is 312 g/mol. The maximum absolute atomic E-state index is 10.5. The summed E-state index contributed by atoms with van der Waals surface area (Å²) in [5.74, 6) is 0.320. The zero-order chi connectivity index (χ0) is 13.8. The Bertz CT molecular complexity index is 583. The van der Waals surface area contributed by atoms with Crippen LogP contribution in [0.2, 0.25) is 0 Å². The van der Waals surface area contributed by atoms with Crippen LogP contribution < -0.4 is 5.32 Å². The molecule has 2 rings (SSSR count). The lowest BCUT2D eigenvalue weighted by atomic mass is 10.1. The zero-order valence-electron chi connectivity index (χ0n) is 10.3. The molecule has 0 saturated carbocycles. The van der Waals surface area contributed by atoms with E-state index in [4.69, 9.17) is 4.42 Å². The van der Waals surface area contributed by atoms with Gasteiger partial charge in [-0.25, -0.2) is 0 Å². The third-order valence-electron chi connectivity index (χ3n) is 2.76. The molecule has 0 spiro atoms. The predicted molar refractivity (Wildman–Crippen MR) is 74.8 cm³/mol. The molecule has 1 heterocycles. The Morgan fingerprint density at radius 1 is 1.42 bits per heavy atom. The first-order chi connectivity index (χ1) is 9.06. The molecule has 1 aromatic carbocycles. The average molecular weight is 325 g/mol. The second kappa shape index (κ2) is 5.99. The van der Waals surface area contributed by atoms with Gasteiger partial charge in [0, 0.05) is 10.5 Å². The summed E-state index contributed by atoms with van der Waals surface area (Å²) in [5, 5.41) is 13.8. The van der Waals surface area contributed by atoms with Crippen molar-refractivity contribution in [2.45, 2.75) is 19.5 Å². The summed E-state index contributed by atoms with van der Waals surface area (Å²) in [4.78, 5) is 9.96. The molecular formula is C13H13BrN2O3. The molecule has 0 saturated heterocycles. The van der Waals surface area contributed by atoms with Crippen LogP contribution in [0.4, 0.5) is 5.88 Å². The molecule has 0 aliphatic carbocycles. The van der Waals surface area contributed by atoms with Crippen LogP contribution in [0.1, 0.15) is 24.3 Å². The van der Waals surface area contributed by atoms with Gasteiger partial charge in [-0.2, -0.15) is 0 Å². The lowest BCUT2D eigenvalue weighted by molar-refractivity contribution is -0.402. The second-order valence-corrected chi connectivity index (χ2v) is 5.07. The van der Waals surface area contributed by atoms with Crippen molar-refractivity contribution in [3.8, 4) is 0 Å². The lowest BCUT2D eigenvalue weighted by Crippen LogP contribution is -2.17. The van der Waals surface area contributed by atoms with Gasteiger partial charge < -0.3 is 9.73 Å². The maximum Gasteiger partial charge on any atom is 0.433 e. The van der Waals surface area contributed by atoms with Gasteiger partial charge in [-0.15, -0.1) is 0 Å². The fraction of sp³-hybridized carbons (Fsp3) is 0.231. The number of furan rings is 1. The number of hydrogen-bond donors (Lipinski definition) is 1. The summed E-state index contributed by atoms with van der Waals surface area (Å²) in [5.41, 5.74) is 1.13. The zero-order valence-corrected chi connectivity index (χ0v) is 11.9. The number of hydrogen-bond acceptors (Lipinski definition) is 4. The van der Waals surface area contributed by atoms with Gasteiger partial charge in [-0.3, -0.25) is 10.1 Å². The molecule has 19 heavy (non-hydrogen) atoms. The van der Waals surface area contributed by atoms with Crippen molar-refractivity contribution in [3.05, 3.63) is 62.3 Å². The predicted octanol–water partition coefficient (Wildman–Crippen LogP) is 3.80. The number of nitro groups is 1. The topological polar surface area (TPSA) is 68.3 Å². The summed E-state index contributed by atoms with van der Waals surface area (Å²) in [6.45, 7) is 2.47. The van der Waals surface area contributed by atoms with Crippen LogP contribution in [-0.4, -0.2) is 4.92 Å². The highest BCUT2D eigenvalue weighted by molar-refractivity contribution is 9.10. The molecule has 0 amide bonds. The van der Waals surface area contributed by atoms with Crippen LogP contribution in [0.5, 0.6) is 0 Å². The Hall–Kier alpha value is -1.66. The van der Waals surface area contributed by atoms with Gasteiger partial charge in [0.2, 0.25) is 0 Å². The summed E-state index contributed by atoms with van der Waals surface area (Å²) in [6.07, 6.45) is 0. The Kier molecular flexibility index (Phi) is 4.34. The van der Waals surface area contributed by atoms with E-state index in [1.165, 1.54) is 6.07 Å². The average Bonchev–Trinajstić information content (AvgIpc) is 2.85. The van der Waals surface area contributed by atoms with E-state index in [0.717, 1.165) is 10.0 Å². The Balaban J connectivity index is 1.96. The maximum atomic E-state index is 10.5. The molecule has 0 fully saturated rings. The molecule has 1 N–H and O–H groups in total. The fourth-order valence-corrected chi connectivity index (χ4v) is 2.12. The molecule has 6 heteroatoms. The van der Waals surface area contributed by atoms with Crippen LogP contribution in [0.25, 0.3) is 0 Å².